The van der Waals surface area contributed by atoms with Crippen molar-refractivity contribution in [2.75, 3.05) is 12.0 Å². The zero-order valence-corrected chi connectivity index (χ0v) is 20.1. The van der Waals surface area contributed by atoms with Gasteiger partial charge >= 0.3 is 0 Å². The lowest BCUT2D eigenvalue weighted by Crippen LogP contribution is -2.30. The molecule has 4 rings (SSSR count). The number of fused-ring (bicyclic) bond motifs is 1. The van der Waals surface area contributed by atoms with Crippen LogP contribution >= 0.6 is 11.3 Å². The molecule has 0 aliphatic rings. The molecule has 170 valence electrons. The van der Waals surface area contributed by atoms with Gasteiger partial charge in [0, 0.05) is 18.0 Å². The summed E-state index contributed by atoms with van der Waals surface area (Å²) in [5, 5.41) is -0.105. The molecule has 0 saturated heterocycles. The number of pyridine rings is 1. The Morgan fingerprint density at radius 2 is 1.91 bits per heavy atom. The number of hydrogen-bond acceptors (Lipinski definition) is 7. The van der Waals surface area contributed by atoms with E-state index in [1.165, 1.54) is 23.5 Å². The molecule has 0 fully saturated rings. The van der Waals surface area contributed by atoms with Gasteiger partial charge in [-0.3, -0.25) is 14.7 Å². The number of thiazole rings is 1. The van der Waals surface area contributed by atoms with E-state index in [-0.39, 0.29) is 22.9 Å². The van der Waals surface area contributed by atoms with Crippen molar-refractivity contribution in [2.45, 2.75) is 30.5 Å². The Balaban J connectivity index is 1.80. The molecule has 0 spiro atoms. The van der Waals surface area contributed by atoms with E-state index in [0.717, 1.165) is 10.3 Å². The predicted molar refractivity (Wildman–Crippen MR) is 130 cm³/mol. The third-order valence-corrected chi connectivity index (χ3v) is 8.36. The minimum absolute atomic E-state index is 0.121. The summed E-state index contributed by atoms with van der Waals surface area (Å²) in [6, 6.07) is 15.4. The Hall–Kier alpha value is -3.30. The highest BCUT2D eigenvalue weighted by atomic mass is 32.2. The number of nitrogens with zero attached hydrogens (tertiary/aromatic N) is 3. The lowest BCUT2D eigenvalue weighted by molar-refractivity contribution is 0.0985. The number of hydrogen-bond donors (Lipinski definition) is 0. The largest absolute Gasteiger partial charge is 0.494 e. The Bertz CT molecular complexity index is 1400. The summed E-state index contributed by atoms with van der Waals surface area (Å²) in [6.07, 6.45) is 3.35. The predicted octanol–water partition coefficient (Wildman–Crippen LogP) is 4.73. The summed E-state index contributed by atoms with van der Waals surface area (Å²) in [7, 11) is -1.95. The number of carbonyl (C=O) groups is 1. The SMILES string of the molecule is COc1cccc2sc(N(Cc3cccnc3)C(=O)c3cccc(S(=O)(=O)C(C)C)c3)nc12. The van der Waals surface area contributed by atoms with E-state index >= 15 is 0 Å². The van der Waals surface area contributed by atoms with Gasteiger partial charge in [-0.15, -0.1) is 0 Å². The Labute approximate surface area is 196 Å². The third-order valence-electron chi connectivity index (χ3n) is 5.16. The third kappa shape index (κ3) is 4.60. The molecule has 2 aromatic heterocycles. The topological polar surface area (TPSA) is 89.5 Å². The molecule has 0 aliphatic heterocycles. The Kier molecular flexibility index (Phi) is 6.44. The molecule has 0 unspecified atom stereocenters. The quantitative estimate of drug-likeness (QED) is 0.379. The molecule has 4 aromatic rings. The highest BCUT2D eigenvalue weighted by molar-refractivity contribution is 7.92. The number of sulfone groups is 1. The molecule has 33 heavy (non-hydrogen) atoms. The van der Waals surface area contributed by atoms with Gasteiger partial charge in [-0.05, 0) is 55.8 Å². The van der Waals surface area contributed by atoms with Gasteiger partial charge in [0.25, 0.3) is 5.91 Å². The molecule has 0 aliphatic carbocycles. The fourth-order valence-corrected chi connectivity index (χ4v) is 5.41. The van der Waals surface area contributed by atoms with Crippen LogP contribution in [-0.4, -0.2) is 36.7 Å². The van der Waals surface area contributed by atoms with Gasteiger partial charge in [-0.2, -0.15) is 0 Å². The number of aromatic nitrogens is 2. The number of benzene rings is 2. The zero-order chi connectivity index (χ0) is 23.6. The summed E-state index contributed by atoms with van der Waals surface area (Å²) in [5.74, 6) is 0.270. The summed E-state index contributed by atoms with van der Waals surface area (Å²) >= 11 is 1.37. The Morgan fingerprint density at radius 1 is 1.12 bits per heavy atom. The molecular weight excluding hydrogens is 458 g/mol. The van der Waals surface area contributed by atoms with Crippen molar-refractivity contribution < 1.29 is 17.9 Å². The maximum atomic E-state index is 13.7. The molecule has 9 heteroatoms. The lowest BCUT2D eigenvalue weighted by atomic mass is 10.2. The Morgan fingerprint density at radius 3 is 2.61 bits per heavy atom. The van der Waals surface area contributed by atoms with Crippen LogP contribution in [0.15, 0.2) is 71.9 Å². The molecule has 7 nitrogen and oxygen atoms in total. The molecule has 2 aromatic carbocycles. The van der Waals surface area contributed by atoms with E-state index in [2.05, 4.69) is 9.97 Å². The van der Waals surface area contributed by atoms with Gasteiger partial charge < -0.3 is 4.74 Å². The van der Waals surface area contributed by atoms with Crippen LogP contribution in [-0.2, 0) is 16.4 Å². The maximum Gasteiger partial charge on any atom is 0.260 e. The number of amides is 1. The monoisotopic (exact) mass is 481 g/mol. The van der Waals surface area contributed by atoms with Crippen LogP contribution in [0, 0.1) is 0 Å². The first-order valence-electron chi connectivity index (χ1n) is 10.3. The van der Waals surface area contributed by atoms with Crippen molar-refractivity contribution >= 4 is 42.4 Å². The number of anilines is 1. The van der Waals surface area contributed by atoms with E-state index < -0.39 is 15.1 Å². The van der Waals surface area contributed by atoms with Gasteiger partial charge in [0.1, 0.15) is 11.3 Å². The van der Waals surface area contributed by atoms with Crippen molar-refractivity contribution in [2.24, 2.45) is 0 Å². The fraction of sp³-hybridized carbons (Fsp3) is 0.208. The first kappa shape index (κ1) is 22.9. The van der Waals surface area contributed by atoms with Crippen LogP contribution in [0.2, 0.25) is 0 Å². The molecule has 2 heterocycles. The summed E-state index contributed by atoms with van der Waals surface area (Å²) < 4.78 is 31.6. The van der Waals surface area contributed by atoms with E-state index in [1.807, 2.05) is 24.3 Å². The first-order valence-corrected chi connectivity index (χ1v) is 12.7. The van der Waals surface area contributed by atoms with Crippen LogP contribution in [0.4, 0.5) is 5.13 Å². The number of methoxy groups -OCH3 is 1. The normalized spacial score (nSPS) is 11.6. The van der Waals surface area contributed by atoms with Crippen LogP contribution in [0.1, 0.15) is 29.8 Å². The average Bonchev–Trinajstić information content (AvgIpc) is 3.27. The van der Waals surface area contributed by atoms with Gasteiger partial charge in [0.15, 0.2) is 15.0 Å². The molecule has 0 saturated carbocycles. The minimum Gasteiger partial charge on any atom is -0.494 e. The highest BCUT2D eigenvalue weighted by Crippen LogP contribution is 2.35. The number of para-hydroxylation sites is 1. The molecule has 0 N–H and O–H groups in total. The highest BCUT2D eigenvalue weighted by Gasteiger charge is 2.25. The zero-order valence-electron chi connectivity index (χ0n) is 18.4. The van der Waals surface area contributed by atoms with Gasteiger partial charge in [0.2, 0.25) is 0 Å². The minimum atomic E-state index is -3.52. The van der Waals surface area contributed by atoms with E-state index in [9.17, 15) is 13.2 Å². The fourth-order valence-electron chi connectivity index (χ4n) is 3.33. The van der Waals surface area contributed by atoms with E-state index in [1.54, 1.807) is 56.4 Å². The second-order valence-corrected chi connectivity index (χ2v) is 11.2. The van der Waals surface area contributed by atoms with Crippen LogP contribution in [0.5, 0.6) is 5.75 Å². The number of ether oxygens (including phenoxy) is 1. The van der Waals surface area contributed by atoms with Crippen LogP contribution in [0.3, 0.4) is 0 Å². The maximum absolute atomic E-state index is 13.7. The second kappa shape index (κ2) is 9.29. The van der Waals surface area contributed by atoms with Gasteiger partial charge in [0.05, 0.1) is 28.5 Å². The van der Waals surface area contributed by atoms with Crippen molar-refractivity contribution in [3.05, 3.63) is 78.1 Å². The molecule has 1 amide bonds. The van der Waals surface area contributed by atoms with Crippen molar-refractivity contribution in [3.8, 4) is 5.75 Å². The van der Waals surface area contributed by atoms with Gasteiger partial charge in [-0.25, -0.2) is 13.4 Å². The molecular formula is C24H23N3O4S2. The summed E-state index contributed by atoms with van der Waals surface area (Å²) in [4.78, 5) is 24.2. The van der Waals surface area contributed by atoms with Gasteiger partial charge in [-0.1, -0.05) is 29.5 Å². The van der Waals surface area contributed by atoms with E-state index in [0.29, 0.717) is 16.4 Å². The standard InChI is InChI=1S/C24H23N3O4S2/c1-16(2)33(29,30)19-9-4-8-18(13-19)23(28)27(15-17-7-6-12-25-14-17)24-26-22-20(31-3)10-5-11-21(22)32-24/h4-14,16H,15H2,1-3H3. The van der Waals surface area contributed by atoms with Crippen LogP contribution < -0.4 is 9.64 Å². The number of carbonyl (C=O) groups excluding carboxylic acids is 1. The summed E-state index contributed by atoms with van der Waals surface area (Å²) in [5.41, 5.74) is 1.76. The lowest BCUT2D eigenvalue weighted by Gasteiger charge is -2.20. The average molecular weight is 482 g/mol. The van der Waals surface area contributed by atoms with Crippen LogP contribution in [0.25, 0.3) is 10.2 Å². The first-order chi connectivity index (χ1) is 15.8. The van der Waals surface area contributed by atoms with Crippen molar-refractivity contribution in [1.82, 2.24) is 9.97 Å². The molecule has 0 atom stereocenters. The summed E-state index contributed by atoms with van der Waals surface area (Å²) in [6.45, 7) is 3.47. The molecule has 0 radical (unpaired) electrons. The van der Waals surface area contributed by atoms with E-state index in [4.69, 9.17) is 4.74 Å². The molecule has 0 bridgehead atoms. The number of rotatable bonds is 7. The smallest absolute Gasteiger partial charge is 0.260 e. The van der Waals surface area contributed by atoms with Crippen molar-refractivity contribution in [3.63, 3.8) is 0 Å². The van der Waals surface area contributed by atoms with Crippen molar-refractivity contribution in [1.29, 1.82) is 0 Å². The second-order valence-electron chi connectivity index (χ2n) is 7.68.